The predicted octanol–water partition coefficient (Wildman–Crippen LogP) is 2.46. The van der Waals surface area contributed by atoms with Crippen molar-refractivity contribution in [3.63, 3.8) is 0 Å². The van der Waals surface area contributed by atoms with Crippen molar-refractivity contribution in [3.05, 3.63) is 0 Å². The summed E-state index contributed by atoms with van der Waals surface area (Å²) in [5, 5.41) is 0. The monoisotopic (exact) mass is 435 g/mol. The minimum atomic E-state index is -0.493. The van der Waals surface area contributed by atoms with E-state index in [1.54, 1.807) is 7.05 Å². The summed E-state index contributed by atoms with van der Waals surface area (Å²) in [4.78, 5) is 13.3. The summed E-state index contributed by atoms with van der Waals surface area (Å²) in [7, 11) is 1.69. The van der Waals surface area contributed by atoms with Gasteiger partial charge in [0.05, 0.1) is 59.5 Å². The number of rotatable bonds is 16. The third-order valence-corrected chi connectivity index (χ3v) is 4.06. The third kappa shape index (κ3) is 15.8. The van der Waals surface area contributed by atoms with Crippen molar-refractivity contribution in [1.82, 2.24) is 4.90 Å². The molecular formula is C21H41NO8. The Kier molecular flexibility index (Phi) is 15.1. The summed E-state index contributed by atoms with van der Waals surface area (Å²) in [6.45, 7) is 11.3. The van der Waals surface area contributed by atoms with Crippen LogP contribution in [0.5, 0.6) is 0 Å². The number of ether oxygens (including phenoxy) is 7. The number of hydrogen-bond acceptors (Lipinski definition) is 8. The van der Waals surface area contributed by atoms with Crippen molar-refractivity contribution in [2.45, 2.75) is 51.9 Å². The zero-order chi connectivity index (χ0) is 22.1. The highest BCUT2D eigenvalue weighted by Crippen LogP contribution is 2.13. The Morgan fingerprint density at radius 1 is 0.867 bits per heavy atom. The number of carbonyl (C=O) groups is 1. The topological polar surface area (TPSA) is 84.9 Å². The second-order valence-electron chi connectivity index (χ2n) is 8.02. The lowest BCUT2D eigenvalue weighted by Crippen LogP contribution is -2.36. The molecule has 0 aromatic carbocycles. The van der Waals surface area contributed by atoms with Gasteiger partial charge in [0.2, 0.25) is 0 Å². The van der Waals surface area contributed by atoms with Gasteiger partial charge in [-0.15, -0.1) is 0 Å². The van der Waals surface area contributed by atoms with Crippen molar-refractivity contribution in [2.75, 3.05) is 79.7 Å². The molecule has 0 N–H and O–H groups in total. The maximum absolute atomic E-state index is 11.8. The lowest BCUT2D eigenvalue weighted by molar-refractivity contribution is -0.169. The number of nitrogens with zero attached hydrogens (tertiary/aromatic N) is 1. The molecule has 1 aliphatic heterocycles. The van der Waals surface area contributed by atoms with Gasteiger partial charge in [0.1, 0.15) is 5.60 Å². The molecule has 1 saturated heterocycles. The van der Waals surface area contributed by atoms with Crippen LogP contribution in [0.1, 0.15) is 40.0 Å². The normalized spacial score (nSPS) is 17.1. The average Bonchev–Trinajstić information content (AvgIpc) is 2.70. The maximum Gasteiger partial charge on any atom is 0.410 e. The van der Waals surface area contributed by atoms with Crippen LogP contribution < -0.4 is 0 Å². The first-order valence-electron chi connectivity index (χ1n) is 10.9. The van der Waals surface area contributed by atoms with E-state index in [9.17, 15) is 4.79 Å². The Hall–Kier alpha value is -0.970. The molecule has 0 spiro atoms. The fourth-order valence-corrected chi connectivity index (χ4v) is 2.48. The van der Waals surface area contributed by atoms with Crippen LogP contribution in [0.25, 0.3) is 0 Å². The van der Waals surface area contributed by atoms with E-state index in [-0.39, 0.29) is 12.4 Å². The standard InChI is InChI=1S/C21H41NO8/c1-21(2,3)30-20(23)22(4)8-10-24-11-12-25-13-14-26-15-16-27-17-18-29-19-7-5-6-9-28-19/h19H,5-18H2,1-4H3. The van der Waals surface area contributed by atoms with Gasteiger partial charge in [-0.3, -0.25) is 0 Å². The van der Waals surface area contributed by atoms with Crippen LogP contribution in [0.2, 0.25) is 0 Å². The lowest BCUT2D eigenvalue weighted by atomic mass is 10.2. The molecule has 30 heavy (non-hydrogen) atoms. The van der Waals surface area contributed by atoms with Crippen LogP contribution in [0.4, 0.5) is 4.79 Å². The van der Waals surface area contributed by atoms with Gasteiger partial charge in [-0.1, -0.05) is 0 Å². The summed E-state index contributed by atoms with van der Waals surface area (Å²) < 4.78 is 38.1. The van der Waals surface area contributed by atoms with E-state index >= 15 is 0 Å². The fourth-order valence-electron chi connectivity index (χ4n) is 2.48. The maximum atomic E-state index is 11.8. The van der Waals surface area contributed by atoms with Crippen LogP contribution in [-0.4, -0.2) is 103 Å². The highest BCUT2D eigenvalue weighted by molar-refractivity contribution is 5.67. The quantitative estimate of drug-likeness (QED) is 0.342. The van der Waals surface area contributed by atoms with Gasteiger partial charge in [0.25, 0.3) is 0 Å². The third-order valence-electron chi connectivity index (χ3n) is 4.06. The van der Waals surface area contributed by atoms with Gasteiger partial charge in [-0.25, -0.2) is 4.79 Å². The molecule has 9 heteroatoms. The number of likely N-dealkylation sites (N-methyl/N-ethyl adjacent to an activating group) is 1. The Bertz CT molecular complexity index is 424. The van der Waals surface area contributed by atoms with Crippen molar-refractivity contribution >= 4 is 6.09 Å². The predicted molar refractivity (Wildman–Crippen MR) is 112 cm³/mol. The molecule has 9 nitrogen and oxygen atoms in total. The Morgan fingerprint density at radius 2 is 1.40 bits per heavy atom. The van der Waals surface area contributed by atoms with E-state index in [4.69, 9.17) is 33.2 Å². The highest BCUT2D eigenvalue weighted by Gasteiger charge is 2.19. The molecule has 1 heterocycles. The summed E-state index contributed by atoms with van der Waals surface area (Å²) in [5.74, 6) is 0. The highest BCUT2D eigenvalue weighted by atomic mass is 16.7. The summed E-state index contributed by atoms with van der Waals surface area (Å²) in [5.41, 5.74) is -0.493. The zero-order valence-corrected chi connectivity index (χ0v) is 19.2. The first-order valence-corrected chi connectivity index (χ1v) is 10.9. The smallest absolute Gasteiger partial charge is 0.410 e. The van der Waals surface area contributed by atoms with Gasteiger partial charge in [0.15, 0.2) is 6.29 Å². The van der Waals surface area contributed by atoms with Crippen molar-refractivity contribution in [3.8, 4) is 0 Å². The van der Waals surface area contributed by atoms with E-state index < -0.39 is 5.60 Å². The molecule has 0 aliphatic carbocycles. The number of amides is 1. The number of hydrogen-bond donors (Lipinski definition) is 0. The molecule has 1 amide bonds. The van der Waals surface area contributed by atoms with E-state index in [2.05, 4.69) is 0 Å². The Morgan fingerprint density at radius 3 is 1.90 bits per heavy atom. The van der Waals surface area contributed by atoms with Gasteiger partial charge >= 0.3 is 6.09 Å². The molecular weight excluding hydrogens is 394 g/mol. The minimum absolute atomic E-state index is 0.0642. The van der Waals surface area contributed by atoms with Gasteiger partial charge in [0, 0.05) is 20.2 Å². The molecule has 0 radical (unpaired) electrons. The molecule has 0 aromatic rings. The molecule has 1 unspecified atom stereocenters. The summed E-state index contributed by atoms with van der Waals surface area (Å²) >= 11 is 0. The van der Waals surface area contributed by atoms with Gasteiger partial charge in [-0.2, -0.15) is 0 Å². The van der Waals surface area contributed by atoms with E-state index in [1.165, 1.54) is 11.3 Å². The first kappa shape index (κ1) is 27.1. The lowest BCUT2D eigenvalue weighted by Gasteiger charge is -2.24. The Labute approximate surface area is 181 Å². The molecule has 1 aliphatic rings. The van der Waals surface area contributed by atoms with Crippen molar-refractivity contribution < 1.29 is 38.0 Å². The molecule has 1 fully saturated rings. The van der Waals surface area contributed by atoms with Gasteiger partial charge in [-0.05, 0) is 40.0 Å². The molecule has 1 atom stereocenters. The molecule has 0 aromatic heterocycles. The van der Waals surface area contributed by atoms with Gasteiger partial charge < -0.3 is 38.1 Å². The first-order chi connectivity index (χ1) is 14.4. The van der Waals surface area contributed by atoms with E-state index in [0.717, 1.165) is 19.4 Å². The Balaban J connectivity index is 1.76. The van der Waals surface area contributed by atoms with Crippen molar-refractivity contribution in [2.24, 2.45) is 0 Å². The van der Waals surface area contributed by atoms with E-state index in [1.807, 2.05) is 20.8 Å². The zero-order valence-electron chi connectivity index (χ0n) is 19.2. The SMILES string of the molecule is CN(CCOCCOCCOCCOCCOC1CCCCO1)C(=O)OC(C)(C)C. The summed E-state index contributed by atoms with van der Waals surface area (Å²) in [6.07, 6.45) is 2.84. The second kappa shape index (κ2) is 16.7. The van der Waals surface area contributed by atoms with Crippen LogP contribution in [0.15, 0.2) is 0 Å². The van der Waals surface area contributed by atoms with Crippen LogP contribution in [-0.2, 0) is 33.2 Å². The summed E-state index contributed by atoms with van der Waals surface area (Å²) in [6, 6.07) is 0. The largest absolute Gasteiger partial charge is 0.444 e. The number of carbonyl (C=O) groups excluding carboxylic acids is 1. The van der Waals surface area contributed by atoms with Crippen LogP contribution in [0, 0.1) is 0 Å². The molecule has 1 rings (SSSR count). The molecule has 0 bridgehead atoms. The van der Waals surface area contributed by atoms with Crippen LogP contribution in [0.3, 0.4) is 0 Å². The average molecular weight is 436 g/mol. The fraction of sp³-hybridized carbons (Fsp3) is 0.952. The van der Waals surface area contributed by atoms with Crippen LogP contribution >= 0.6 is 0 Å². The second-order valence-corrected chi connectivity index (χ2v) is 8.02. The molecule has 0 saturated carbocycles. The van der Waals surface area contributed by atoms with E-state index in [0.29, 0.717) is 66.0 Å². The molecule has 178 valence electrons. The minimum Gasteiger partial charge on any atom is -0.444 e. The van der Waals surface area contributed by atoms with Crippen molar-refractivity contribution in [1.29, 1.82) is 0 Å².